The van der Waals surface area contributed by atoms with Gasteiger partial charge in [0.15, 0.2) is 17.5 Å². The average molecular weight is 567 g/mol. The number of nitrogens with zero attached hydrogens (tertiary/aromatic N) is 6. The SMILES string of the molecule is O=C(Cn1cc(Nc2ncnc3cc(OCCCN4CCC(CCO)CC4)ccc23)nn1)Nc1cccc(F)c1F. The van der Waals surface area contributed by atoms with Gasteiger partial charge in [-0.05, 0) is 69.0 Å². The lowest BCUT2D eigenvalue weighted by Crippen LogP contribution is -2.35. The number of aromatic nitrogens is 5. The molecule has 5 rings (SSSR count). The number of aliphatic hydroxyl groups excluding tert-OH is 1. The quantitative estimate of drug-likeness (QED) is 0.220. The standard InChI is InChI=1S/C28H32F2N8O3/c29-22-3-1-4-23(27(22)30)33-26(40)17-38-16-25(35-36-38)34-28-21-6-5-20(15-24(21)31-18-32-28)41-14-2-10-37-11-7-19(8-12-37)9-13-39/h1,3-6,15-16,18-19,39H,2,7-14,17H2,(H,33,40)(H,31,32,34). The van der Waals surface area contributed by atoms with Gasteiger partial charge in [0.2, 0.25) is 5.91 Å². The van der Waals surface area contributed by atoms with E-state index in [1.165, 1.54) is 29.3 Å². The zero-order valence-corrected chi connectivity index (χ0v) is 22.5. The lowest BCUT2D eigenvalue weighted by atomic mass is 9.94. The molecule has 1 saturated heterocycles. The monoisotopic (exact) mass is 566 g/mol. The van der Waals surface area contributed by atoms with Crippen molar-refractivity contribution in [2.75, 3.05) is 43.5 Å². The number of halogens is 2. The van der Waals surface area contributed by atoms with Crippen LogP contribution in [0.15, 0.2) is 48.9 Å². The molecule has 0 bridgehead atoms. The van der Waals surface area contributed by atoms with Crippen LogP contribution < -0.4 is 15.4 Å². The molecule has 1 aliphatic rings. The summed E-state index contributed by atoms with van der Waals surface area (Å²) in [5.74, 6) is -0.557. The summed E-state index contributed by atoms with van der Waals surface area (Å²) in [5.41, 5.74) is 0.439. The van der Waals surface area contributed by atoms with Crippen molar-refractivity contribution in [2.45, 2.75) is 32.2 Å². The Balaban J connectivity index is 1.12. The minimum Gasteiger partial charge on any atom is -0.493 e. The highest BCUT2D eigenvalue weighted by Gasteiger charge is 2.18. The summed E-state index contributed by atoms with van der Waals surface area (Å²) in [5, 5.41) is 23.2. The van der Waals surface area contributed by atoms with Crippen LogP contribution in [0.1, 0.15) is 25.7 Å². The van der Waals surface area contributed by atoms with E-state index in [2.05, 4.69) is 35.8 Å². The summed E-state index contributed by atoms with van der Waals surface area (Å²) in [6.45, 7) is 3.75. The van der Waals surface area contributed by atoms with Gasteiger partial charge in [0.05, 0.1) is 24.0 Å². The third-order valence-electron chi connectivity index (χ3n) is 7.06. The predicted octanol–water partition coefficient (Wildman–Crippen LogP) is 3.75. The Morgan fingerprint density at radius 3 is 2.83 bits per heavy atom. The van der Waals surface area contributed by atoms with E-state index in [0.717, 1.165) is 62.5 Å². The van der Waals surface area contributed by atoms with Crippen molar-refractivity contribution >= 4 is 34.1 Å². The van der Waals surface area contributed by atoms with Crippen molar-refractivity contribution in [3.8, 4) is 5.75 Å². The van der Waals surface area contributed by atoms with Crippen LogP contribution in [0.2, 0.25) is 0 Å². The largest absolute Gasteiger partial charge is 0.493 e. The van der Waals surface area contributed by atoms with E-state index in [1.807, 2.05) is 18.2 Å². The first-order valence-electron chi connectivity index (χ1n) is 13.6. The third-order valence-corrected chi connectivity index (χ3v) is 7.06. The summed E-state index contributed by atoms with van der Waals surface area (Å²) in [6.07, 6.45) is 7.05. The van der Waals surface area contributed by atoms with E-state index in [0.29, 0.717) is 29.7 Å². The second kappa shape index (κ2) is 13.4. The minimum absolute atomic E-state index is 0.251. The molecule has 13 heteroatoms. The summed E-state index contributed by atoms with van der Waals surface area (Å²) in [7, 11) is 0. The summed E-state index contributed by atoms with van der Waals surface area (Å²) < 4.78 is 34.4. The third kappa shape index (κ3) is 7.50. The van der Waals surface area contributed by atoms with E-state index in [-0.39, 0.29) is 18.8 Å². The Morgan fingerprint density at radius 2 is 2.00 bits per heavy atom. The number of fused-ring (bicyclic) bond motifs is 1. The second-order valence-corrected chi connectivity index (χ2v) is 9.98. The van der Waals surface area contributed by atoms with Crippen LogP contribution in [-0.4, -0.2) is 73.7 Å². The van der Waals surface area contributed by atoms with Gasteiger partial charge in [-0.2, -0.15) is 0 Å². The first kappa shape index (κ1) is 28.3. The number of likely N-dealkylation sites (tertiary alicyclic amines) is 1. The van der Waals surface area contributed by atoms with Crippen molar-refractivity contribution in [3.05, 3.63) is 60.6 Å². The second-order valence-electron chi connectivity index (χ2n) is 9.98. The van der Waals surface area contributed by atoms with E-state index < -0.39 is 17.5 Å². The number of carbonyl (C=O) groups is 1. The summed E-state index contributed by atoms with van der Waals surface area (Å²) in [6, 6.07) is 9.13. The molecule has 3 heterocycles. The van der Waals surface area contributed by atoms with Gasteiger partial charge in [0.1, 0.15) is 24.4 Å². The summed E-state index contributed by atoms with van der Waals surface area (Å²) >= 11 is 0. The number of carbonyl (C=O) groups excluding carboxylic acids is 1. The van der Waals surface area contributed by atoms with Gasteiger partial charge in [0, 0.05) is 24.6 Å². The Bertz CT molecular complexity index is 1480. The fourth-order valence-corrected chi connectivity index (χ4v) is 4.88. The molecule has 0 spiro atoms. The van der Waals surface area contributed by atoms with Crippen LogP contribution in [0.4, 0.5) is 26.1 Å². The van der Waals surface area contributed by atoms with Crippen LogP contribution in [0.25, 0.3) is 10.9 Å². The zero-order chi connectivity index (χ0) is 28.6. The molecule has 0 radical (unpaired) electrons. The molecule has 41 heavy (non-hydrogen) atoms. The van der Waals surface area contributed by atoms with Crippen molar-refractivity contribution in [1.29, 1.82) is 0 Å². The van der Waals surface area contributed by atoms with Crippen LogP contribution in [0.5, 0.6) is 5.75 Å². The van der Waals surface area contributed by atoms with Gasteiger partial charge in [-0.3, -0.25) is 4.79 Å². The molecule has 1 aliphatic heterocycles. The Labute approximate surface area is 235 Å². The number of hydrogen-bond donors (Lipinski definition) is 3. The highest BCUT2D eigenvalue weighted by atomic mass is 19.2. The number of aliphatic hydroxyl groups is 1. The Morgan fingerprint density at radius 1 is 1.15 bits per heavy atom. The first-order valence-corrected chi connectivity index (χ1v) is 13.6. The number of rotatable bonds is 12. The minimum atomic E-state index is -1.13. The van der Waals surface area contributed by atoms with Gasteiger partial charge in [-0.25, -0.2) is 23.4 Å². The van der Waals surface area contributed by atoms with Crippen molar-refractivity contribution in [1.82, 2.24) is 29.9 Å². The van der Waals surface area contributed by atoms with Crippen LogP contribution >= 0.6 is 0 Å². The summed E-state index contributed by atoms with van der Waals surface area (Å²) in [4.78, 5) is 23.4. The normalized spacial score (nSPS) is 14.3. The number of ether oxygens (including phenoxy) is 1. The number of hydrogen-bond acceptors (Lipinski definition) is 9. The smallest absolute Gasteiger partial charge is 0.246 e. The van der Waals surface area contributed by atoms with Crippen LogP contribution in [0, 0.1) is 17.6 Å². The number of anilines is 3. The van der Waals surface area contributed by atoms with Crippen molar-refractivity contribution in [2.24, 2.45) is 5.92 Å². The molecule has 216 valence electrons. The lowest BCUT2D eigenvalue weighted by Gasteiger charge is -2.31. The maximum absolute atomic E-state index is 13.8. The zero-order valence-electron chi connectivity index (χ0n) is 22.5. The van der Waals surface area contributed by atoms with Crippen molar-refractivity contribution < 1.29 is 23.4 Å². The first-order chi connectivity index (χ1) is 20.0. The number of amides is 1. The molecule has 3 N–H and O–H groups in total. The Hall–Kier alpha value is -4.23. The van der Waals surface area contributed by atoms with Gasteiger partial charge in [-0.1, -0.05) is 11.3 Å². The fraction of sp³-hybridized carbons (Fsp3) is 0.393. The number of piperidine rings is 1. The van der Waals surface area contributed by atoms with Gasteiger partial charge in [0.25, 0.3) is 0 Å². The van der Waals surface area contributed by atoms with E-state index in [4.69, 9.17) is 9.84 Å². The highest BCUT2D eigenvalue weighted by Crippen LogP contribution is 2.26. The number of benzene rings is 2. The van der Waals surface area contributed by atoms with Gasteiger partial charge >= 0.3 is 0 Å². The molecule has 2 aromatic heterocycles. The molecule has 11 nitrogen and oxygen atoms in total. The van der Waals surface area contributed by atoms with E-state index in [9.17, 15) is 13.6 Å². The molecule has 0 aliphatic carbocycles. The molecular formula is C28H32F2N8O3. The molecule has 4 aromatic rings. The van der Waals surface area contributed by atoms with Crippen LogP contribution in [0.3, 0.4) is 0 Å². The molecule has 0 saturated carbocycles. The van der Waals surface area contributed by atoms with Gasteiger partial charge in [-0.15, -0.1) is 5.10 Å². The van der Waals surface area contributed by atoms with Gasteiger partial charge < -0.3 is 25.4 Å². The van der Waals surface area contributed by atoms with Crippen LogP contribution in [-0.2, 0) is 11.3 Å². The molecule has 2 aromatic carbocycles. The topological polar surface area (TPSA) is 130 Å². The van der Waals surface area contributed by atoms with Crippen molar-refractivity contribution in [3.63, 3.8) is 0 Å². The molecule has 1 fully saturated rings. The molecule has 1 amide bonds. The fourth-order valence-electron chi connectivity index (χ4n) is 4.88. The maximum Gasteiger partial charge on any atom is 0.246 e. The van der Waals surface area contributed by atoms with E-state index in [1.54, 1.807) is 0 Å². The average Bonchev–Trinajstić information content (AvgIpc) is 3.41. The highest BCUT2D eigenvalue weighted by molar-refractivity contribution is 5.91. The molecular weight excluding hydrogens is 534 g/mol. The number of nitrogens with one attached hydrogen (secondary N) is 2. The maximum atomic E-state index is 13.8. The molecule has 0 atom stereocenters. The van der Waals surface area contributed by atoms with E-state index >= 15 is 0 Å². The molecule has 0 unspecified atom stereocenters. The Kier molecular flexibility index (Phi) is 9.26. The lowest BCUT2D eigenvalue weighted by molar-refractivity contribution is -0.117. The predicted molar refractivity (Wildman–Crippen MR) is 149 cm³/mol.